The van der Waals surface area contributed by atoms with Gasteiger partial charge in [-0.3, -0.25) is 9.59 Å². The van der Waals surface area contributed by atoms with Gasteiger partial charge in [0.1, 0.15) is 0 Å². The summed E-state index contributed by atoms with van der Waals surface area (Å²) in [7, 11) is -3.24. The minimum atomic E-state index is -3.24. The summed E-state index contributed by atoms with van der Waals surface area (Å²) in [5.74, 6) is -1.15. The Morgan fingerprint density at radius 2 is 1.78 bits per heavy atom. The van der Waals surface area contributed by atoms with Crippen molar-refractivity contribution in [2.24, 2.45) is 11.3 Å². The number of hydrogen-bond donors (Lipinski definition) is 1. The topological polar surface area (TPSA) is 91.8 Å². The Morgan fingerprint density at radius 3 is 2.38 bits per heavy atom. The first-order chi connectivity index (χ1) is 17.4. The molecule has 1 aliphatic heterocycles. The summed E-state index contributed by atoms with van der Waals surface area (Å²) in [4.78, 5) is 27.7. The summed E-state index contributed by atoms with van der Waals surface area (Å²) in [6.07, 6.45) is 2.17. The van der Waals surface area contributed by atoms with Crippen LogP contribution in [0.3, 0.4) is 0 Å². The molecule has 4 rings (SSSR count). The molecule has 0 radical (unpaired) electrons. The lowest BCUT2D eigenvalue weighted by Crippen LogP contribution is -2.55. The fourth-order valence-corrected chi connectivity index (χ4v) is 7.82. The van der Waals surface area contributed by atoms with E-state index in [2.05, 4.69) is 0 Å². The van der Waals surface area contributed by atoms with Crippen molar-refractivity contribution >= 4 is 44.9 Å². The van der Waals surface area contributed by atoms with Gasteiger partial charge in [0, 0.05) is 22.0 Å². The molecular formula is C28H33Cl2NO5S. The predicted octanol–water partition coefficient (Wildman–Crippen LogP) is 6.14. The Morgan fingerprint density at radius 1 is 1.11 bits per heavy atom. The number of hydrogen-bond acceptors (Lipinski definition) is 4. The predicted molar refractivity (Wildman–Crippen MR) is 146 cm³/mol. The van der Waals surface area contributed by atoms with Crippen molar-refractivity contribution in [2.75, 3.05) is 11.5 Å². The largest absolute Gasteiger partial charge is 0.481 e. The van der Waals surface area contributed by atoms with Crippen molar-refractivity contribution in [3.8, 4) is 0 Å². The van der Waals surface area contributed by atoms with E-state index < -0.39 is 33.3 Å². The molecule has 1 amide bonds. The molecule has 1 saturated carbocycles. The lowest BCUT2D eigenvalue weighted by Gasteiger charge is -2.51. The second kappa shape index (κ2) is 11.0. The molecule has 0 aromatic heterocycles. The maximum absolute atomic E-state index is 14.1. The molecule has 0 bridgehead atoms. The van der Waals surface area contributed by atoms with E-state index in [0.29, 0.717) is 16.5 Å². The van der Waals surface area contributed by atoms with Crippen molar-refractivity contribution in [1.29, 1.82) is 0 Å². The van der Waals surface area contributed by atoms with Crippen LogP contribution < -0.4 is 0 Å². The van der Waals surface area contributed by atoms with E-state index in [9.17, 15) is 23.1 Å². The quantitative estimate of drug-likeness (QED) is 0.373. The first-order valence-corrected chi connectivity index (χ1v) is 15.2. The third-order valence-electron chi connectivity index (χ3n) is 7.64. The fourth-order valence-electron chi connectivity index (χ4n) is 5.58. The van der Waals surface area contributed by atoms with E-state index >= 15 is 0 Å². The average Bonchev–Trinajstić information content (AvgIpc) is 3.62. The fraction of sp³-hybridized carbons (Fsp3) is 0.500. The third-order valence-corrected chi connectivity index (χ3v) is 9.96. The maximum Gasteiger partial charge on any atom is 0.304 e. The van der Waals surface area contributed by atoms with Crippen LogP contribution in [0.4, 0.5) is 0 Å². The van der Waals surface area contributed by atoms with Crippen molar-refractivity contribution in [3.63, 3.8) is 0 Å². The molecule has 0 unspecified atom stereocenters. The van der Waals surface area contributed by atoms with Crippen molar-refractivity contribution in [1.82, 2.24) is 4.90 Å². The van der Waals surface area contributed by atoms with Crippen LogP contribution in [0.5, 0.6) is 0 Å². The molecular weight excluding hydrogens is 533 g/mol. The molecule has 1 saturated heterocycles. The molecule has 2 aliphatic rings. The molecule has 2 aromatic rings. The zero-order valence-electron chi connectivity index (χ0n) is 21.1. The van der Waals surface area contributed by atoms with Gasteiger partial charge in [-0.15, -0.1) is 0 Å². The lowest BCUT2D eigenvalue weighted by molar-refractivity contribution is -0.160. The van der Waals surface area contributed by atoms with Crippen LogP contribution in [-0.2, 0) is 19.4 Å². The van der Waals surface area contributed by atoms with Gasteiger partial charge in [-0.05, 0) is 73.9 Å². The van der Waals surface area contributed by atoms with Crippen LogP contribution in [0.1, 0.15) is 69.0 Å². The number of carbonyl (C=O) groups excluding carboxylic acids is 1. The Balaban J connectivity index is 1.77. The highest BCUT2D eigenvalue weighted by atomic mass is 35.5. The number of aliphatic carboxylic acids is 1. The normalized spacial score (nSPS) is 25.2. The van der Waals surface area contributed by atoms with E-state index in [1.807, 2.05) is 37.3 Å². The van der Waals surface area contributed by atoms with Gasteiger partial charge < -0.3 is 10.0 Å². The zero-order valence-corrected chi connectivity index (χ0v) is 23.4. The van der Waals surface area contributed by atoms with Gasteiger partial charge in [0.15, 0.2) is 9.84 Å². The van der Waals surface area contributed by atoms with E-state index in [-0.39, 0.29) is 42.1 Å². The van der Waals surface area contributed by atoms with E-state index in [4.69, 9.17) is 23.2 Å². The van der Waals surface area contributed by atoms with Crippen LogP contribution in [0.2, 0.25) is 10.0 Å². The van der Waals surface area contributed by atoms with Gasteiger partial charge in [-0.2, -0.15) is 0 Å². The minimum absolute atomic E-state index is 0.0146. The summed E-state index contributed by atoms with van der Waals surface area (Å²) in [5, 5.41) is 10.8. The average molecular weight is 567 g/mol. The van der Waals surface area contributed by atoms with Gasteiger partial charge >= 0.3 is 5.97 Å². The molecule has 200 valence electrons. The summed E-state index contributed by atoms with van der Waals surface area (Å²) in [5.41, 5.74) is 0.589. The molecule has 1 N–H and O–H groups in total. The molecule has 1 aliphatic carbocycles. The van der Waals surface area contributed by atoms with Crippen LogP contribution in [-0.4, -0.2) is 47.8 Å². The second-order valence-electron chi connectivity index (χ2n) is 10.9. The number of carboxylic acid groups (broad SMARTS) is 1. The monoisotopic (exact) mass is 565 g/mol. The molecule has 4 atom stereocenters. The highest BCUT2D eigenvalue weighted by Crippen LogP contribution is 2.52. The number of sulfone groups is 1. The van der Waals surface area contributed by atoms with Gasteiger partial charge in [-0.25, -0.2) is 8.42 Å². The minimum Gasteiger partial charge on any atom is -0.481 e. The van der Waals surface area contributed by atoms with Crippen LogP contribution in [0.15, 0.2) is 48.5 Å². The first-order valence-electron chi connectivity index (χ1n) is 12.6. The van der Waals surface area contributed by atoms with Crippen LogP contribution >= 0.6 is 23.2 Å². The number of halogens is 2. The van der Waals surface area contributed by atoms with E-state index in [0.717, 1.165) is 24.0 Å². The van der Waals surface area contributed by atoms with Crippen molar-refractivity contribution in [2.45, 2.75) is 64.0 Å². The van der Waals surface area contributed by atoms with Gasteiger partial charge in [-0.1, -0.05) is 54.4 Å². The molecule has 0 spiro atoms. The number of carbonyl (C=O) groups is 2. The Labute approximate surface area is 228 Å². The SMILES string of the molecule is C[C@@H](CCS(=O)(=O)CC1CC1)N1C(=O)[C@@](C)(CC(=O)O)C[C@H](c2cccc(Cl)c2)[C@H]1c1ccc(Cl)cc1. The first kappa shape index (κ1) is 27.9. The number of nitrogens with zero attached hydrogens (tertiary/aromatic N) is 1. The lowest BCUT2D eigenvalue weighted by atomic mass is 9.67. The number of benzene rings is 2. The maximum atomic E-state index is 14.1. The Bertz CT molecular complexity index is 1260. The number of piperidine rings is 1. The molecule has 37 heavy (non-hydrogen) atoms. The molecule has 1 heterocycles. The summed E-state index contributed by atoms with van der Waals surface area (Å²) < 4.78 is 25.4. The van der Waals surface area contributed by atoms with Gasteiger partial charge in [0.25, 0.3) is 0 Å². The molecule has 2 fully saturated rings. The Kier molecular flexibility index (Phi) is 8.27. The van der Waals surface area contributed by atoms with Crippen molar-refractivity contribution in [3.05, 3.63) is 69.7 Å². The standard InChI is InChI=1S/C28H33Cl2NO5S/c1-18(12-13-37(35,36)17-19-6-7-19)31-26(20-8-10-22(29)11-9-20)24(21-4-3-5-23(30)14-21)15-28(2,27(31)34)16-25(32)33/h3-5,8-11,14,18-19,24,26H,6-7,12-13,15-17H2,1-2H3,(H,32,33)/t18-,24+,26+,28+/m0/s1. The highest BCUT2D eigenvalue weighted by molar-refractivity contribution is 7.91. The molecule has 9 heteroatoms. The van der Waals surface area contributed by atoms with E-state index in [1.54, 1.807) is 30.0 Å². The third kappa shape index (κ3) is 6.68. The van der Waals surface area contributed by atoms with Gasteiger partial charge in [0.2, 0.25) is 5.91 Å². The highest BCUT2D eigenvalue weighted by Gasteiger charge is 2.52. The molecule has 6 nitrogen and oxygen atoms in total. The van der Waals surface area contributed by atoms with E-state index in [1.165, 1.54) is 0 Å². The summed E-state index contributed by atoms with van der Waals surface area (Å²) in [6, 6.07) is 13.8. The van der Waals surface area contributed by atoms with Crippen LogP contribution in [0.25, 0.3) is 0 Å². The summed E-state index contributed by atoms with van der Waals surface area (Å²) >= 11 is 12.5. The van der Waals surface area contributed by atoms with Gasteiger partial charge in [0.05, 0.1) is 29.4 Å². The molecule has 2 aromatic carbocycles. The number of rotatable bonds is 10. The summed E-state index contributed by atoms with van der Waals surface area (Å²) in [6.45, 7) is 3.55. The number of amides is 1. The van der Waals surface area contributed by atoms with Crippen molar-refractivity contribution < 1.29 is 23.1 Å². The zero-order chi connectivity index (χ0) is 27.0. The van der Waals surface area contributed by atoms with Crippen LogP contribution in [0, 0.1) is 11.3 Å². The number of likely N-dealkylation sites (tertiary alicyclic amines) is 1. The number of carboxylic acids is 1. The Hall–Kier alpha value is -2.09. The smallest absolute Gasteiger partial charge is 0.304 e. The second-order valence-corrected chi connectivity index (χ2v) is 14.0.